The van der Waals surface area contributed by atoms with Crippen LogP contribution in [0.3, 0.4) is 0 Å². The van der Waals surface area contributed by atoms with Crippen LogP contribution >= 0.6 is 22.7 Å². The van der Waals surface area contributed by atoms with Gasteiger partial charge in [-0.15, -0.1) is 22.7 Å². The fourth-order valence-electron chi connectivity index (χ4n) is 3.40. The van der Waals surface area contributed by atoms with Crippen molar-refractivity contribution in [1.82, 2.24) is 9.97 Å². The molecule has 3 aromatic heterocycles. The highest BCUT2D eigenvalue weighted by Crippen LogP contribution is 2.35. The van der Waals surface area contributed by atoms with E-state index in [2.05, 4.69) is 34.7 Å². The van der Waals surface area contributed by atoms with Crippen molar-refractivity contribution in [3.8, 4) is 26.9 Å². The van der Waals surface area contributed by atoms with Gasteiger partial charge in [-0.25, -0.2) is 4.98 Å². The van der Waals surface area contributed by atoms with E-state index in [1.807, 2.05) is 48.7 Å². The Kier molecular flexibility index (Phi) is 8.29. The molecule has 166 valence electrons. The molecule has 0 spiro atoms. The Morgan fingerprint density at radius 2 is 1.62 bits per heavy atom. The maximum absolute atomic E-state index is 5.87. The maximum Gasteiger partial charge on any atom is 0.187 e. The molecule has 0 fully saturated rings. The predicted octanol–water partition coefficient (Wildman–Crippen LogP) is 8.42. The molecule has 1 aromatic carbocycles. The summed E-state index contributed by atoms with van der Waals surface area (Å²) < 4.78 is 5.87. The summed E-state index contributed by atoms with van der Waals surface area (Å²) >= 11 is 3.32. The molecule has 0 radical (unpaired) electrons. The lowest BCUT2D eigenvalue weighted by Crippen LogP contribution is -1.97. The first-order valence-electron chi connectivity index (χ1n) is 11.3. The van der Waals surface area contributed by atoms with Gasteiger partial charge in [0.1, 0.15) is 5.75 Å². The molecule has 32 heavy (non-hydrogen) atoms. The van der Waals surface area contributed by atoms with Crippen LogP contribution in [-0.4, -0.2) is 16.6 Å². The maximum atomic E-state index is 5.87. The minimum Gasteiger partial charge on any atom is -0.494 e. The number of thiophene rings is 1. The summed E-state index contributed by atoms with van der Waals surface area (Å²) in [5, 5.41) is 6.37. The Bertz CT molecular complexity index is 1070. The lowest BCUT2D eigenvalue weighted by atomic mass is 10.1. The number of rotatable bonds is 12. The van der Waals surface area contributed by atoms with Crippen LogP contribution in [0.4, 0.5) is 10.8 Å². The van der Waals surface area contributed by atoms with Gasteiger partial charge in [-0.05, 0) is 55.0 Å². The molecule has 0 unspecified atom stereocenters. The number of unbranched alkanes of at least 4 members (excludes halogenated alkanes) is 5. The monoisotopic (exact) mass is 463 g/mol. The van der Waals surface area contributed by atoms with E-state index in [1.165, 1.54) is 32.1 Å². The lowest BCUT2D eigenvalue weighted by molar-refractivity contribution is 0.304. The second kappa shape index (κ2) is 11.8. The summed E-state index contributed by atoms with van der Waals surface area (Å²) in [5.74, 6) is 0.921. The second-order valence-electron chi connectivity index (χ2n) is 7.68. The smallest absolute Gasteiger partial charge is 0.187 e. The number of aromatic nitrogens is 2. The number of thiazole rings is 1. The molecule has 0 amide bonds. The number of ether oxygens (including phenoxy) is 1. The number of nitrogens with one attached hydrogen (secondary N) is 1. The largest absolute Gasteiger partial charge is 0.494 e. The first kappa shape index (κ1) is 22.5. The number of benzene rings is 1. The van der Waals surface area contributed by atoms with Crippen molar-refractivity contribution in [3.05, 3.63) is 66.2 Å². The van der Waals surface area contributed by atoms with E-state index >= 15 is 0 Å². The van der Waals surface area contributed by atoms with Gasteiger partial charge in [0, 0.05) is 17.3 Å². The van der Waals surface area contributed by atoms with E-state index in [1.54, 1.807) is 22.7 Å². The van der Waals surface area contributed by atoms with Crippen LogP contribution in [0.25, 0.3) is 21.1 Å². The SMILES string of the molecule is CCCCCCCCOc1ccc(Nc2nc(-c3ccc(-c4ccccn4)s3)cs2)cc1. The highest BCUT2D eigenvalue weighted by atomic mass is 32.1. The lowest BCUT2D eigenvalue weighted by Gasteiger charge is -2.08. The van der Waals surface area contributed by atoms with Crippen molar-refractivity contribution < 1.29 is 4.74 Å². The summed E-state index contributed by atoms with van der Waals surface area (Å²) in [5.41, 5.74) is 3.00. The highest BCUT2D eigenvalue weighted by molar-refractivity contribution is 7.19. The van der Waals surface area contributed by atoms with Crippen molar-refractivity contribution in [2.24, 2.45) is 0 Å². The standard InChI is InChI=1S/C26H29N3OS2/c1-2-3-4-5-6-9-18-30-21-13-11-20(12-14-21)28-26-29-23(19-31-26)25-16-15-24(32-25)22-10-7-8-17-27-22/h7-8,10-17,19H,2-6,9,18H2,1H3,(H,28,29). The minimum atomic E-state index is 0.788. The summed E-state index contributed by atoms with van der Waals surface area (Å²) in [7, 11) is 0. The molecule has 0 saturated heterocycles. The zero-order chi connectivity index (χ0) is 22.0. The molecule has 3 heterocycles. The van der Waals surface area contributed by atoms with Crippen LogP contribution < -0.4 is 10.1 Å². The Hall–Kier alpha value is -2.70. The number of pyridine rings is 1. The molecule has 4 aromatic rings. The van der Waals surface area contributed by atoms with Crippen molar-refractivity contribution >= 4 is 33.5 Å². The zero-order valence-electron chi connectivity index (χ0n) is 18.4. The van der Waals surface area contributed by atoms with Gasteiger partial charge in [0.15, 0.2) is 5.13 Å². The number of hydrogen-bond acceptors (Lipinski definition) is 6. The molecule has 0 aliphatic heterocycles. The van der Waals surface area contributed by atoms with Crippen LogP contribution in [0.5, 0.6) is 5.75 Å². The highest BCUT2D eigenvalue weighted by Gasteiger charge is 2.10. The van der Waals surface area contributed by atoms with Gasteiger partial charge in [-0.3, -0.25) is 4.98 Å². The fraction of sp³-hybridized carbons (Fsp3) is 0.308. The van der Waals surface area contributed by atoms with Crippen LogP contribution in [-0.2, 0) is 0 Å². The predicted molar refractivity (Wildman–Crippen MR) is 137 cm³/mol. The molecule has 0 bridgehead atoms. The minimum absolute atomic E-state index is 0.788. The molecule has 6 heteroatoms. The summed E-state index contributed by atoms with van der Waals surface area (Å²) in [4.78, 5) is 11.5. The van der Waals surface area contributed by atoms with Gasteiger partial charge in [0.2, 0.25) is 0 Å². The molecule has 0 saturated carbocycles. The zero-order valence-corrected chi connectivity index (χ0v) is 20.1. The summed E-state index contributed by atoms with van der Waals surface area (Å²) in [6.45, 7) is 3.04. The van der Waals surface area contributed by atoms with Gasteiger partial charge >= 0.3 is 0 Å². The van der Waals surface area contributed by atoms with E-state index in [-0.39, 0.29) is 0 Å². The third kappa shape index (κ3) is 6.40. The number of nitrogens with zero attached hydrogens (tertiary/aromatic N) is 2. The summed E-state index contributed by atoms with van der Waals surface area (Å²) in [6.07, 6.45) is 9.48. The van der Waals surface area contributed by atoms with Gasteiger partial charge in [-0.1, -0.05) is 45.1 Å². The third-order valence-electron chi connectivity index (χ3n) is 5.15. The molecule has 1 N–H and O–H groups in total. The topological polar surface area (TPSA) is 47.0 Å². The number of anilines is 2. The second-order valence-corrected chi connectivity index (χ2v) is 9.62. The Labute approximate surface area is 198 Å². The van der Waals surface area contributed by atoms with Gasteiger partial charge in [-0.2, -0.15) is 0 Å². The van der Waals surface area contributed by atoms with Crippen LogP contribution in [0.2, 0.25) is 0 Å². The van der Waals surface area contributed by atoms with Crippen molar-refractivity contribution in [2.45, 2.75) is 45.4 Å². The first-order chi connectivity index (χ1) is 15.8. The van der Waals surface area contributed by atoms with Crippen molar-refractivity contribution in [3.63, 3.8) is 0 Å². The van der Waals surface area contributed by atoms with E-state index in [4.69, 9.17) is 9.72 Å². The molecule has 0 aliphatic carbocycles. The first-order valence-corrected chi connectivity index (χ1v) is 13.0. The van der Waals surface area contributed by atoms with E-state index in [9.17, 15) is 0 Å². The fourth-order valence-corrected chi connectivity index (χ4v) is 5.15. The van der Waals surface area contributed by atoms with Crippen LogP contribution in [0, 0.1) is 0 Å². The molecular formula is C26H29N3OS2. The molecule has 4 nitrogen and oxygen atoms in total. The molecular weight excluding hydrogens is 434 g/mol. The third-order valence-corrected chi connectivity index (χ3v) is 7.04. The van der Waals surface area contributed by atoms with Gasteiger partial charge in [0.25, 0.3) is 0 Å². The Morgan fingerprint density at radius 3 is 2.41 bits per heavy atom. The average Bonchev–Trinajstić information content (AvgIpc) is 3.50. The summed E-state index contributed by atoms with van der Waals surface area (Å²) in [6, 6.07) is 18.3. The quantitative estimate of drug-likeness (QED) is 0.214. The Balaban J connectivity index is 1.27. The van der Waals surface area contributed by atoms with E-state index in [0.29, 0.717) is 0 Å². The molecule has 4 rings (SSSR count). The van der Waals surface area contributed by atoms with E-state index in [0.717, 1.165) is 50.7 Å². The van der Waals surface area contributed by atoms with Crippen molar-refractivity contribution in [2.75, 3.05) is 11.9 Å². The van der Waals surface area contributed by atoms with Gasteiger partial charge < -0.3 is 10.1 Å². The Morgan fingerprint density at radius 1 is 0.844 bits per heavy atom. The van der Waals surface area contributed by atoms with E-state index < -0.39 is 0 Å². The average molecular weight is 464 g/mol. The van der Waals surface area contributed by atoms with Crippen LogP contribution in [0.15, 0.2) is 66.2 Å². The van der Waals surface area contributed by atoms with Crippen molar-refractivity contribution in [1.29, 1.82) is 0 Å². The normalized spacial score (nSPS) is 10.9. The van der Waals surface area contributed by atoms with Crippen LogP contribution in [0.1, 0.15) is 45.4 Å². The number of hydrogen-bond donors (Lipinski definition) is 1. The van der Waals surface area contributed by atoms with Gasteiger partial charge in [0.05, 0.1) is 27.7 Å². The molecule has 0 aliphatic rings. The molecule has 0 atom stereocenters.